The Bertz CT molecular complexity index is 512. The second-order valence-corrected chi connectivity index (χ2v) is 6.76. The maximum Gasteiger partial charge on any atom is 0.326 e. The lowest BCUT2D eigenvalue weighted by Crippen LogP contribution is -2.49. The number of carboxylic acid groups (broad SMARTS) is 1. The standard InChI is InChI=1S/C14H20N2O3S/c1-8(2)12-15-7-11(20-12)13(17)16-5-4-9(3)6-10(16)14(18)19/h7-10H,4-6H2,1-3H3,(H,18,19). The summed E-state index contributed by atoms with van der Waals surface area (Å²) < 4.78 is 0. The molecule has 2 rings (SSSR count). The van der Waals surface area contributed by atoms with E-state index in [2.05, 4.69) is 4.98 Å². The first-order valence-corrected chi connectivity index (χ1v) is 7.71. The summed E-state index contributed by atoms with van der Waals surface area (Å²) in [6, 6.07) is -0.712. The molecule has 6 heteroatoms. The van der Waals surface area contributed by atoms with E-state index in [1.165, 1.54) is 16.2 Å². The van der Waals surface area contributed by atoms with Crippen molar-refractivity contribution in [3.8, 4) is 0 Å². The number of carbonyl (C=O) groups excluding carboxylic acids is 1. The quantitative estimate of drug-likeness (QED) is 0.930. The molecule has 1 aromatic rings. The molecule has 1 aromatic heterocycles. The zero-order chi connectivity index (χ0) is 14.9. The second kappa shape index (κ2) is 5.91. The number of piperidine rings is 1. The number of hydrogen-bond acceptors (Lipinski definition) is 4. The van der Waals surface area contributed by atoms with Gasteiger partial charge >= 0.3 is 5.97 Å². The molecule has 2 atom stereocenters. The lowest BCUT2D eigenvalue weighted by atomic mass is 9.92. The predicted octanol–water partition coefficient (Wildman–Crippen LogP) is 2.59. The molecular formula is C14H20N2O3S. The van der Waals surface area contributed by atoms with Crippen LogP contribution in [0.25, 0.3) is 0 Å². The Morgan fingerprint density at radius 3 is 2.75 bits per heavy atom. The van der Waals surface area contributed by atoms with Gasteiger partial charge in [-0.15, -0.1) is 11.3 Å². The van der Waals surface area contributed by atoms with Crippen molar-refractivity contribution in [2.75, 3.05) is 6.54 Å². The first-order valence-electron chi connectivity index (χ1n) is 6.89. The van der Waals surface area contributed by atoms with Gasteiger partial charge in [-0.3, -0.25) is 4.79 Å². The van der Waals surface area contributed by atoms with Gasteiger partial charge in [0.2, 0.25) is 0 Å². The molecule has 0 spiro atoms. The van der Waals surface area contributed by atoms with Crippen molar-refractivity contribution in [1.82, 2.24) is 9.88 Å². The fraction of sp³-hybridized carbons (Fsp3) is 0.643. The number of likely N-dealkylation sites (tertiary alicyclic amines) is 1. The highest BCUT2D eigenvalue weighted by atomic mass is 32.1. The number of carbonyl (C=O) groups is 2. The monoisotopic (exact) mass is 296 g/mol. The van der Waals surface area contributed by atoms with E-state index in [0.29, 0.717) is 23.8 Å². The molecule has 1 N–H and O–H groups in total. The van der Waals surface area contributed by atoms with E-state index >= 15 is 0 Å². The molecule has 1 aliphatic heterocycles. The minimum Gasteiger partial charge on any atom is -0.480 e. The fourth-order valence-corrected chi connectivity index (χ4v) is 3.29. The van der Waals surface area contributed by atoms with Crippen LogP contribution in [-0.4, -0.2) is 39.5 Å². The molecule has 20 heavy (non-hydrogen) atoms. The first-order chi connectivity index (χ1) is 9.40. The Kier molecular flexibility index (Phi) is 4.42. The summed E-state index contributed by atoms with van der Waals surface area (Å²) in [6.45, 7) is 6.58. The van der Waals surface area contributed by atoms with Crippen LogP contribution >= 0.6 is 11.3 Å². The molecule has 0 aliphatic carbocycles. The third-order valence-electron chi connectivity index (χ3n) is 3.64. The van der Waals surface area contributed by atoms with E-state index in [0.717, 1.165) is 11.4 Å². The Morgan fingerprint density at radius 1 is 1.50 bits per heavy atom. The Morgan fingerprint density at radius 2 is 2.20 bits per heavy atom. The van der Waals surface area contributed by atoms with Crippen LogP contribution in [0.2, 0.25) is 0 Å². The summed E-state index contributed by atoms with van der Waals surface area (Å²) in [7, 11) is 0. The second-order valence-electron chi connectivity index (χ2n) is 5.70. The van der Waals surface area contributed by atoms with Gasteiger partial charge in [-0.2, -0.15) is 0 Å². The molecule has 1 aliphatic rings. The maximum absolute atomic E-state index is 12.5. The summed E-state index contributed by atoms with van der Waals surface area (Å²) in [6.07, 6.45) is 2.95. The van der Waals surface area contributed by atoms with Crippen LogP contribution in [0.5, 0.6) is 0 Å². The van der Waals surface area contributed by atoms with Crippen molar-refractivity contribution in [3.05, 3.63) is 16.1 Å². The van der Waals surface area contributed by atoms with Gasteiger partial charge in [0.25, 0.3) is 5.91 Å². The minimum atomic E-state index is -0.918. The number of nitrogens with zero attached hydrogens (tertiary/aromatic N) is 2. The lowest BCUT2D eigenvalue weighted by Gasteiger charge is -2.35. The largest absolute Gasteiger partial charge is 0.480 e. The van der Waals surface area contributed by atoms with Crippen molar-refractivity contribution >= 4 is 23.2 Å². The maximum atomic E-state index is 12.5. The van der Waals surface area contributed by atoms with Crippen molar-refractivity contribution in [3.63, 3.8) is 0 Å². The van der Waals surface area contributed by atoms with Crippen molar-refractivity contribution in [1.29, 1.82) is 0 Å². The van der Waals surface area contributed by atoms with Crippen LogP contribution in [0.15, 0.2) is 6.20 Å². The number of hydrogen-bond donors (Lipinski definition) is 1. The Labute approximate surface area is 122 Å². The topological polar surface area (TPSA) is 70.5 Å². The van der Waals surface area contributed by atoms with Crippen LogP contribution < -0.4 is 0 Å². The van der Waals surface area contributed by atoms with E-state index < -0.39 is 12.0 Å². The van der Waals surface area contributed by atoms with Gasteiger partial charge in [-0.1, -0.05) is 20.8 Å². The molecule has 0 bridgehead atoms. The SMILES string of the molecule is CC1CCN(C(=O)c2cnc(C(C)C)s2)C(C(=O)O)C1. The van der Waals surface area contributed by atoms with Gasteiger partial charge in [0, 0.05) is 12.5 Å². The highest BCUT2D eigenvalue weighted by Gasteiger charge is 2.35. The molecule has 110 valence electrons. The zero-order valence-electron chi connectivity index (χ0n) is 12.0. The molecular weight excluding hydrogens is 276 g/mol. The molecule has 5 nitrogen and oxygen atoms in total. The Balaban J connectivity index is 2.19. The predicted molar refractivity (Wildman–Crippen MR) is 77.1 cm³/mol. The Hall–Kier alpha value is -1.43. The van der Waals surface area contributed by atoms with Crippen LogP contribution in [0, 0.1) is 5.92 Å². The zero-order valence-corrected chi connectivity index (χ0v) is 12.8. The number of aromatic nitrogens is 1. The van der Waals surface area contributed by atoms with Gasteiger partial charge in [0.15, 0.2) is 0 Å². The molecule has 2 heterocycles. The van der Waals surface area contributed by atoms with Gasteiger partial charge in [0.05, 0.1) is 11.2 Å². The normalized spacial score (nSPS) is 23.1. The molecule has 0 aromatic carbocycles. The van der Waals surface area contributed by atoms with Crippen LogP contribution in [0.1, 0.15) is 54.2 Å². The van der Waals surface area contributed by atoms with E-state index in [9.17, 15) is 14.7 Å². The van der Waals surface area contributed by atoms with Gasteiger partial charge in [0.1, 0.15) is 10.9 Å². The number of carboxylic acids is 1. The van der Waals surface area contributed by atoms with Crippen molar-refractivity contribution < 1.29 is 14.7 Å². The van der Waals surface area contributed by atoms with E-state index in [1.54, 1.807) is 6.20 Å². The van der Waals surface area contributed by atoms with Crippen LogP contribution in [-0.2, 0) is 4.79 Å². The lowest BCUT2D eigenvalue weighted by molar-refractivity contribution is -0.144. The third-order valence-corrected chi connectivity index (χ3v) is 4.92. The molecule has 1 saturated heterocycles. The van der Waals surface area contributed by atoms with Crippen LogP contribution in [0.4, 0.5) is 0 Å². The average molecular weight is 296 g/mol. The number of thiazole rings is 1. The highest BCUT2D eigenvalue weighted by Crippen LogP contribution is 2.27. The van der Waals surface area contributed by atoms with Gasteiger partial charge < -0.3 is 10.0 Å². The fourth-order valence-electron chi connectivity index (χ4n) is 2.41. The molecule has 1 fully saturated rings. The van der Waals surface area contributed by atoms with Crippen molar-refractivity contribution in [2.45, 2.75) is 45.6 Å². The van der Waals surface area contributed by atoms with E-state index in [1.807, 2.05) is 20.8 Å². The molecule has 0 saturated carbocycles. The summed E-state index contributed by atoms with van der Waals surface area (Å²) in [5, 5.41) is 10.2. The molecule has 1 amide bonds. The average Bonchev–Trinajstić information content (AvgIpc) is 2.87. The van der Waals surface area contributed by atoms with Gasteiger partial charge in [-0.25, -0.2) is 9.78 Å². The molecule has 0 radical (unpaired) electrons. The summed E-state index contributed by atoms with van der Waals surface area (Å²) in [5.74, 6) is -0.502. The third kappa shape index (κ3) is 3.00. The highest BCUT2D eigenvalue weighted by molar-refractivity contribution is 7.13. The first kappa shape index (κ1) is 15.0. The molecule has 2 unspecified atom stereocenters. The number of amides is 1. The summed E-state index contributed by atoms with van der Waals surface area (Å²) in [4.78, 5) is 30.1. The van der Waals surface area contributed by atoms with E-state index in [4.69, 9.17) is 0 Å². The van der Waals surface area contributed by atoms with Crippen LogP contribution in [0.3, 0.4) is 0 Å². The van der Waals surface area contributed by atoms with Crippen molar-refractivity contribution in [2.24, 2.45) is 5.92 Å². The van der Waals surface area contributed by atoms with E-state index in [-0.39, 0.29) is 11.8 Å². The summed E-state index contributed by atoms with van der Waals surface area (Å²) in [5.41, 5.74) is 0. The smallest absolute Gasteiger partial charge is 0.326 e. The number of rotatable bonds is 3. The minimum absolute atomic E-state index is 0.200. The number of aliphatic carboxylic acids is 1. The summed E-state index contributed by atoms with van der Waals surface area (Å²) >= 11 is 1.36. The van der Waals surface area contributed by atoms with Gasteiger partial charge in [-0.05, 0) is 18.8 Å².